The van der Waals surface area contributed by atoms with Crippen LogP contribution in [0.25, 0.3) is 5.65 Å². The van der Waals surface area contributed by atoms with Gasteiger partial charge in [0.2, 0.25) is 0 Å². The van der Waals surface area contributed by atoms with Crippen LogP contribution in [0.4, 0.5) is 0 Å². The Hall–Kier alpha value is -1.31. The van der Waals surface area contributed by atoms with Crippen molar-refractivity contribution in [2.24, 2.45) is 0 Å². The molecule has 2 nitrogen and oxygen atoms in total. The highest BCUT2D eigenvalue weighted by Crippen LogP contribution is 2.40. The zero-order valence-electron chi connectivity index (χ0n) is 11.1. The first kappa shape index (κ1) is 10.8. The Morgan fingerprint density at radius 3 is 2.53 bits per heavy atom. The lowest BCUT2D eigenvalue weighted by Crippen LogP contribution is -2.15. The molecule has 2 aromatic rings. The van der Waals surface area contributed by atoms with Gasteiger partial charge in [0.05, 0.1) is 11.4 Å². The predicted octanol–water partition coefficient (Wildman–Crippen LogP) is 3.82. The number of aryl methyl sites for hydroxylation is 1. The zero-order valence-corrected chi connectivity index (χ0v) is 11.1. The van der Waals surface area contributed by atoms with Crippen molar-refractivity contribution in [3.63, 3.8) is 0 Å². The summed E-state index contributed by atoms with van der Waals surface area (Å²) in [5.41, 5.74) is 5.20. The van der Waals surface area contributed by atoms with E-state index in [1.165, 1.54) is 24.1 Å². The summed E-state index contributed by atoms with van der Waals surface area (Å²) in [4.78, 5) is 4.66. The van der Waals surface area contributed by atoms with Gasteiger partial charge < -0.3 is 4.40 Å². The monoisotopic (exact) mass is 228 g/mol. The Balaban J connectivity index is 2.25. The lowest BCUT2D eigenvalue weighted by atomic mass is 9.91. The number of hydrogen-bond acceptors (Lipinski definition) is 1. The number of rotatable bonds is 1. The Kier molecular flexibility index (Phi) is 2.13. The van der Waals surface area contributed by atoms with E-state index in [1.807, 2.05) is 0 Å². The fourth-order valence-corrected chi connectivity index (χ4v) is 2.74. The van der Waals surface area contributed by atoms with Gasteiger partial charge in [0, 0.05) is 11.6 Å². The molecule has 0 amide bonds. The summed E-state index contributed by atoms with van der Waals surface area (Å²) in [5.74, 6) is 0.801. The summed E-state index contributed by atoms with van der Waals surface area (Å²) >= 11 is 0. The molecule has 0 radical (unpaired) electrons. The standard InChI is InChI=1S/C15H20N2/c1-10-14(15(2,3)4)17-9-12(11-5-6-11)7-8-13(17)16-10/h7-9,11H,5-6H2,1-4H3. The van der Waals surface area contributed by atoms with E-state index in [2.05, 4.69) is 55.4 Å². The molecule has 0 atom stereocenters. The maximum Gasteiger partial charge on any atom is 0.137 e. The Morgan fingerprint density at radius 2 is 1.94 bits per heavy atom. The molecule has 0 aliphatic heterocycles. The average molecular weight is 228 g/mol. The van der Waals surface area contributed by atoms with E-state index in [9.17, 15) is 0 Å². The molecule has 2 heteroatoms. The lowest BCUT2D eigenvalue weighted by molar-refractivity contribution is 0.558. The normalized spacial score (nSPS) is 16.7. The molecule has 90 valence electrons. The number of hydrogen-bond donors (Lipinski definition) is 0. The van der Waals surface area contributed by atoms with E-state index in [0.29, 0.717) is 0 Å². The summed E-state index contributed by atoms with van der Waals surface area (Å²) in [6.45, 7) is 8.89. The number of pyridine rings is 1. The molecule has 0 bridgehead atoms. The molecule has 1 fully saturated rings. The predicted molar refractivity (Wildman–Crippen MR) is 70.6 cm³/mol. The van der Waals surface area contributed by atoms with Crippen LogP contribution in [-0.4, -0.2) is 9.38 Å². The number of imidazole rings is 1. The average Bonchev–Trinajstić information content (AvgIpc) is 2.98. The van der Waals surface area contributed by atoms with Crippen LogP contribution >= 0.6 is 0 Å². The Bertz CT molecular complexity index is 568. The molecular weight excluding hydrogens is 208 g/mol. The quantitative estimate of drug-likeness (QED) is 0.725. The maximum absolute atomic E-state index is 4.66. The molecule has 2 heterocycles. The van der Waals surface area contributed by atoms with Gasteiger partial charge in [-0.05, 0) is 37.3 Å². The molecular formula is C15H20N2. The van der Waals surface area contributed by atoms with Gasteiger partial charge in [-0.25, -0.2) is 4.98 Å². The van der Waals surface area contributed by atoms with Crippen molar-refractivity contribution in [1.82, 2.24) is 9.38 Å². The SMILES string of the molecule is Cc1nc2ccc(C3CC3)cn2c1C(C)(C)C. The molecule has 2 aromatic heterocycles. The summed E-state index contributed by atoms with van der Waals surface area (Å²) in [7, 11) is 0. The second-order valence-corrected chi connectivity index (χ2v) is 6.26. The van der Waals surface area contributed by atoms with Gasteiger partial charge >= 0.3 is 0 Å². The third-order valence-electron chi connectivity index (χ3n) is 3.57. The van der Waals surface area contributed by atoms with Crippen LogP contribution in [-0.2, 0) is 5.41 Å². The highest BCUT2D eigenvalue weighted by Gasteiger charge is 2.26. The number of aromatic nitrogens is 2. The molecule has 0 saturated heterocycles. The minimum Gasteiger partial charge on any atom is -0.303 e. The van der Waals surface area contributed by atoms with E-state index in [1.54, 1.807) is 0 Å². The largest absolute Gasteiger partial charge is 0.303 e. The van der Waals surface area contributed by atoms with Crippen molar-refractivity contribution >= 4 is 5.65 Å². The van der Waals surface area contributed by atoms with Gasteiger partial charge in [0.25, 0.3) is 0 Å². The molecule has 1 aliphatic rings. The first-order valence-corrected chi connectivity index (χ1v) is 6.46. The van der Waals surface area contributed by atoms with Crippen molar-refractivity contribution in [1.29, 1.82) is 0 Å². The van der Waals surface area contributed by atoms with Crippen molar-refractivity contribution in [2.45, 2.75) is 51.9 Å². The van der Waals surface area contributed by atoms with Crippen LogP contribution in [0.1, 0.15) is 56.5 Å². The summed E-state index contributed by atoms with van der Waals surface area (Å²) in [6.07, 6.45) is 5.00. The van der Waals surface area contributed by atoms with Gasteiger partial charge in [0.15, 0.2) is 0 Å². The van der Waals surface area contributed by atoms with E-state index < -0.39 is 0 Å². The Labute approximate surface area is 103 Å². The summed E-state index contributed by atoms with van der Waals surface area (Å²) in [5, 5.41) is 0. The molecule has 0 spiro atoms. The maximum atomic E-state index is 4.66. The van der Waals surface area contributed by atoms with Crippen molar-refractivity contribution in [3.8, 4) is 0 Å². The fourth-order valence-electron chi connectivity index (χ4n) is 2.74. The Morgan fingerprint density at radius 1 is 1.24 bits per heavy atom. The lowest BCUT2D eigenvalue weighted by Gasteiger charge is -2.19. The smallest absolute Gasteiger partial charge is 0.137 e. The van der Waals surface area contributed by atoms with Gasteiger partial charge in [-0.1, -0.05) is 26.8 Å². The molecule has 1 saturated carbocycles. The van der Waals surface area contributed by atoms with Crippen LogP contribution in [0, 0.1) is 6.92 Å². The summed E-state index contributed by atoms with van der Waals surface area (Å²) in [6, 6.07) is 4.40. The highest BCUT2D eigenvalue weighted by molar-refractivity contribution is 5.47. The van der Waals surface area contributed by atoms with Crippen molar-refractivity contribution < 1.29 is 0 Å². The molecule has 1 aliphatic carbocycles. The second kappa shape index (κ2) is 3.34. The van der Waals surface area contributed by atoms with Crippen LogP contribution in [0.2, 0.25) is 0 Å². The minimum absolute atomic E-state index is 0.145. The summed E-state index contributed by atoms with van der Waals surface area (Å²) < 4.78 is 2.29. The third kappa shape index (κ3) is 1.76. The van der Waals surface area contributed by atoms with Gasteiger partial charge in [-0.15, -0.1) is 0 Å². The van der Waals surface area contributed by atoms with Crippen LogP contribution in [0.3, 0.4) is 0 Å². The van der Waals surface area contributed by atoms with E-state index >= 15 is 0 Å². The molecule has 0 unspecified atom stereocenters. The fraction of sp³-hybridized carbons (Fsp3) is 0.533. The molecule has 0 N–H and O–H groups in total. The van der Waals surface area contributed by atoms with E-state index in [-0.39, 0.29) is 5.41 Å². The first-order chi connectivity index (χ1) is 7.97. The zero-order chi connectivity index (χ0) is 12.2. The molecule has 0 aromatic carbocycles. The number of nitrogens with zero attached hydrogens (tertiary/aromatic N) is 2. The minimum atomic E-state index is 0.145. The number of fused-ring (bicyclic) bond motifs is 1. The van der Waals surface area contributed by atoms with Gasteiger partial charge in [-0.3, -0.25) is 0 Å². The first-order valence-electron chi connectivity index (χ1n) is 6.46. The van der Waals surface area contributed by atoms with Crippen molar-refractivity contribution in [2.75, 3.05) is 0 Å². The van der Waals surface area contributed by atoms with Crippen LogP contribution in [0.15, 0.2) is 18.3 Å². The molecule has 17 heavy (non-hydrogen) atoms. The third-order valence-corrected chi connectivity index (χ3v) is 3.57. The topological polar surface area (TPSA) is 17.3 Å². The highest BCUT2D eigenvalue weighted by atomic mass is 15.0. The van der Waals surface area contributed by atoms with E-state index in [4.69, 9.17) is 0 Å². The van der Waals surface area contributed by atoms with Gasteiger partial charge in [0.1, 0.15) is 5.65 Å². The molecule has 3 rings (SSSR count). The van der Waals surface area contributed by atoms with Crippen LogP contribution < -0.4 is 0 Å². The van der Waals surface area contributed by atoms with Crippen molar-refractivity contribution in [3.05, 3.63) is 35.3 Å². The van der Waals surface area contributed by atoms with Gasteiger partial charge in [-0.2, -0.15) is 0 Å². The second-order valence-electron chi connectivity index (χ2n) is 6.26. The van der Waals surface area contributed by atoms with Crippen LogP contribution in [0.5, 0.6) is 0 Å². The van der Waals surface area contributed by atoms with E-state index in [0.717, 1.165) is 17.3 Å².